The summed E-state index contributed by atoms with van der Waals surface area (Å²) in [4.78, 5) is 13.3. The number of hydrogen-bond acceptors (Lipinski definition) is 2. The molecule has 1 saturated heterocycles. The first kappa shape index (κ1) is 17.5. The van der Waals surface area contributed by atoms with Crippen molar-refractivity contribution in [3.63, 3.8) is 0 Å². The average molecular weight is 265 g/mol. The van der Waals surface area contributed by atoms with Crippen LogP contribution in [0.25, 0.3) is 0 Å². The predicted octanol–water partition coefficient (Wildman–Crippen LogP) is 4.47. The van der Waals surface area contributed by atoms with Crippen LogP contribution in [0.15, 0.2) is 30.3 Å². The number of rotatable bonds is 2. The lowest BCUT2D eigenvalue weighted by Crippen LogP contribution is -2.28. The Balaban J connectivity index is 0.000000741. The molecular weight excluding hydrogens is 238 g/mol. The maximum Gasteiger partial charge on any atom is 0.410 e. The van der Waals surface area contributed by atoms with Gasteiger partial charge in [-0.05, 0) is 18.4 Å². The molecule has 1 aliphatic rings. The second-order valence-corrected chi connectivity index (χ2v) is 3.73. The molecule has 19 heavy (non-hydrogen) atoms. The molecule has 1 heterocycles. The highest BCUT2D eigenvalue weighted by Gasteiger charge is 2.18. The van der Waals surface area contributed by atoms with Crippen LogP contribution in [0.3, 0.4) is 0 Å². The lowest BCUT2D eigenvalue weighted by Gasteiger charge is -2.14. The number of ether oxygens (including phenoxy) is 1. The van der Waals surface area contributed by atoms with Gasteiger partial charge in [-0.2, -0.15) is 0 Å². The molecule has 0 N–H and O–H groups in total. The Morgan fingerprint density at radius 3 is 2.11 bits per heavy atom. The van der Waals surface area contributed by atoms with Crippen molar-refractivity contribution in [2.45, 2.75) is 47.1 Å². The van der Waals surface area contributed by atoms with Gasteiger partial charge in [0.25, 0.3) is 0 Å². The minimum Gasteiger partial charge on any atom is -0.445 e. The monoisotopic (exact) mass is 265 g/mol. The molecule has 2 rings (SSSR count). The first-order chi connectivity index (χ1) is 9.36. The molecule has 0 bridgehead atoms. The predicted molar refractivity (Wildman–Crippen MR) is 80.1 cm³/mol. The SMILES string of the molecule is CC.CC.O=C(OCc1ccccc1)N1CCCC1. The molecule has 0 saturated carbocycles. The van der Waals surface area contributed by atoms with Crippen molar-refractivity contribution >= 4 is 6.09 Å². The number of carbonyl (C=O) groups is 1. The fourth-order valence-electron chi connectivity index (χ4n) is 1.71. The second-order valence-electron chi connectivity index (χ2n) is 3.73. The molecule has 1 fully saturated rings. The van der Waals surface area contributed by atoms with Gasteiger partial charge in [0, 0.05) is 13.1 Å². The topological polar surface area (TPSA) is 29.5 Å². The average Bonchev–Trinajstić information content (AvgIpc) is 3.04. The summed E-state index contributed by atoms with van der Waals surface area (Å²) < 4.78 is 5.20. The molecule has 3 nitrogen and oxygen atoms in total. The lowest BCUT2D eigenvalue weighted by atomic mass is 10.2. The van der Waals surface area contributed by atoms with E-state index in [0.717, 1.165) is 31.5 Å². The van der Waals surface area contributed by atoms with Crippen LogP contribution in [0.1, 0.15) is 46.1 Å². The Kier molecular flexibility index (Phi) is 10.7. The summed E-state index contributed by atoms with van der Waals surface area (Å²) in [5, 5.41) is 0. The zero-order valence-electron chi connectivity index (χ0n) is 12.7. The Bertz CT molecular complexity index is 319. The van der Waals surface area contributed by atoms with Gasteiger partial charge in [0.15, 0.2) is 0 Å². The van der Waals surface area contributed by atoms with E-state index < -0.39 is 0 Å². The molecule has 0 aliphatic carbocycles. The standard InChI is InChI=1S/C12H15NO2.2C2H6/c14-12(13-8-4-5-9-13)15-10-11-6-2-1-3-7-11;2*1-2/h1-3,6-7H,4-5,8-10H2;2*1-2H3. The third-order valence-electron chi connectivity index (χ3n) is 2.57. The minimum absolute atomic E-state index is 0.184. The molecule has 3 heteroatoms. The van der Waals surface area contributed by atoms with Gasteiger partial charge >= 0.3 is 6.09 Å². The number of hydrogen-bond donors (Lipinski definition) is 0. The summed E-state index contributed by atoms with van der Waals surface area (Å²) >= 11 is 0. The molecule has 0 unspecified atom stereocenters. The summed E-state index contributed by atoms with van der Waals surface area (Å²) in [6.45, 7) is 10.1. The van der Waals surface area contributed by atoms with Crippen molar-refractivity contribution in [3.8, 4) is 0 Å². The Morgan fingerprint density at radius 2 is 1.58 bits per heavy atom. The highest BCUT2D eigenvalue weighted by Crippen LogP contribution is 2.10. The van der Waals surface area contributed by atoms with Crippen LogP contribution >= 0.6 is 0 Å². The number of likely N-dealkylation sites (tertiary alicyclic amines) is 1. The van der Waals surface area contributed by atoms with Gasteiger partial charge < -0.3 is 9.64 Å². The second kappa shape index (κ2) is 11.6. The third-order valence-corrected chi connectivity index (χ3v) is 2.57. The molecule has 108 valence electrons. The van der Waals surface area contributed by atoms with E-state index in [1.165, 1.54) is 0 Å². The van der Waals surface area contributed by atoms with E-state index in [4.69, 9.17) is 4.74 Å². The number of carbonyl (C=O) groups excluding carboxylic acids is 1. The molecule has 0 spiro atoms. The molecular formula is C16H27NO2. The lowest BCUT2D eigenvalue weighted by molar-refractivity contribution is 0.104. The van der Waals surface area contributed by atoms with E-state index in [0.29, 0.717) is 6.61 Å². The van der Waals surface area contributed by atoms with Crippen LogP contribution in [0.4, 0.5) is 4.79 Å². The minimum atomic E-state index is -0.184. The molecule has 1 amide bonds. The maximum absolute atomic E-state index is 11.5. The summed E-state index contributed by atoms with van der Waals surface area (Å²) in [6.07, 6.45) is 2.01. The van der Waals surface area contributed by atoms with Gasteiger partial charge in [-0.15, -0.1) is 0 Å². The summed E-state index contributed by atoms with van der Waals surface area (Å²) in [7, 11) is 0. The molecule has 0 atom stereocenters. The maximum atomic E-state index is 11.5. The van der Waals surface area contributed by atoms with Gasteiger partial charge in [0.1, 0.15) is 6.61 Å². The van der Waals surface area contributed by atoms with Gasteiger partial charge in [-0.3, -0.25) is 0 Å². The molecule has 1 aliphatic heterocycles. The van der Waals surface area contributed by atoms with Crippen molar-refractivity contribution in [2.75, 3.05) is 13.1 Å². The van der Waals surface area contributed by atoms with E-state index in [1.807, 2.05) is 58.0 Å². The Labute approximate surface area is 117 Å². The largest absolute Gasteiger partial charge is 0.445 e. The van der Waals surface area contributed by atoms with E-state index in [2.05, 4.69) is 0 Å². The van der Waals surface area contributed by atoms with Crippen LogP contribution in [-0.4, -0.2) is 24.1 Å². The van der Waals surface area contributed by atoms with Gasteiger partial charge in [-0.25, -0.2) is 4.79 Å². The van der Waals surface area contributed by atoms with E-state index in [-0.39, 0.29) is 6.09 Å². The van der Waals surface area contributed by atoms with Crippen molar-refractivity contribution in [1.29, 1.82) is 0 Å². The number of nitrogens with zero attached hydrogens (tertiary/aromatic N) is 1. The van der Waals surface area contributed by atoms with Crippen molar-refractivity contribution in [1.82, 2.24) is 4.90 Å². The van der Waals surface area contributed by atoms with E-state index >= 15 is 0 Å². The Hall–Kier alpha value is -1.51. The number of amides is 1. The van der Waals surface area contributed by atoms with Crippen LogP contribution in [-0.2, 0) is 11.3 Å². The van der Waals surface area contributed by atoms with Crippen molar-refractivity contribution in [3.05, 3.63) is 35.9 Å². The molecule has 0 aromatic heterocycles. The van der Waals surface area contributed by atoms with Crippen molar-refractivity contribution < 1.29 is 9.53 Å². The molecule has 0 radical (unpaired) electrons. The normalized spacial score (nSPS) is 12.7. The van der Waals surface area contributed by atoms with Gasteiger partial charge in [0.2, 0.25) is 0 Å². The summed E-state index contributed by atoms with van der Waals surface area (Å²) in [6, 6.07) is 9.75. The fourth-order valence-corrected chi connectivity index (χ4v) is 1.71. The zero-order chi connectivity index (χ0) is 14.5. The first-order valence-electron chi connectivity index (χ1n) is 7.32. The first-order valence-corrected chi connectivity index (χ1v) is 7.32. The smallest absolute Gasteiger partial charge is 0.410 e. The van der Waals surface area contributed by atoms with Crippen LogP contribution < -0.4 is 0 Å². The van der Waals surface area contributed by atoms with E-state index in [9.17, 15) is 4.79 Å². The quantitative estimate of drug-likeness (QED) is 0.789. The highest BCUT2D eigenvalue weighted by atomic mass is 16.6. The Morgan fingerprint density at radius 1 is 1.05 bits per heavy atom. The van der Waals surface area contributed by atoms with Gasteiger partial charge in [-0.1, -0.05) is 58.0 Å². The van der Waals surface area contributed by atoms with Crippen molar-refractivity contribution in [2.24, 2.45) is 0 Å². The fraction of sp³-hybridized carbons (Fsp3) is 0.562. The third kappa shape index (κ3) is 6.85. The van der Waals surface area contributed by atoms with Crippen LogP contribution in [0.5, 0.6) is 0 Å². The van der Waals surface area contributed by atoms with Gasteiger partial charge in [0.05, 0.1) is 0 Å². The number of benzene rings is 1. The molecule has 1 aromatic carbocycles. The highest BCUT2D eigenvalue weighted by molar-refractivity contribution is 5.67. The van der Waals surface area contributed by atoms with Crippen LogP contribution in [0, 0.1) is 0 Å². The summed E-state index contributed by atoms with van der Waals surface area (Å²) in [5.41, 5.74) is 1.03. The molecule has 1 aromatic rings. The zero-order valence-corrected chi connectivity index (χ0v) is 12.7. The summed E-state index contributed by atoms with van der Waals surface area (Å²) in [5.74, 6) is 0. The van der Waals surface area contributed by atoms with E-state index in [1.54, 1.807) is 4.90 Å². The van der Waals surface area contributed by atoms with Crippen LogP contribution in [0.2, 0.25) is 0 Å².